The Labute approximate surface area is 233 Å². The number of halogens is 1. The van der Waals surface area contributed by atoms with Gasteiger partial charge in [-0.15, -0.1) is 0 Å². The SMILES string of the molecule is CC1CCN(S(=O)(=O)c2ccc(C(=O)N(CCCN3CCOCC3)c3nc4c(Cl)cccc4s3)cc2)CC1. The molecule has 0 atom stereocenters. The molecule has 2 aliphatic rings. The number of carbonyl (C=O) groups is 1. The molecule has 3 heterocycles. The summed E-state index contributed by atoms with van der Waals surface area (Å²) in [6.07, 6.45) is 2.50. The van der Waals surface area contributed by atoms with E-state index < -0.39 is 10.0 Å². The number of rotatable bonds is 8. The number of amides is 1. The summed E-state index contributed by atoms with van der Waals surface area (Å²) in [6.45, 7) is 7.77. The maximum absolute atomic E-state index is 13.8. The predicted octanol–water partition coefficient (Wildman–Crippen LogP) is 4.74. The number of nitrogens with zero attached hydrogens (tertiary/aromatic N) is 4. The second-order valence-corrected chi connectivity index (χ2v) is 13.3. The van der Waals surface area contributed by atoms with Gasteiger partial charge in [-0.25, -0.2) is 13.4 Å². The second kappa shape index (κ2) is 12.0. The number of sulfonamides is 1. The van der Waals surface area contributed by atoms with Crippen LogP contribution in [0, 0.1) is 5.92 Å². The number of morpholine rings is 1. The Bertz CT molecular complexity index is 1370. The Morgan fingerprint density at radius 2 is 1.82 bits per heavy atom. The quantitative estimate of drug-likeness (QED) is 0.385. The lowest BCUT2D eigenvalue weighted by Crippen LogP contribution is -2.39. The molecule has 0 radical (unpaired) electrons. The van der Waals surface area contributed by atoms with Crippen molar-refractivity contribution in [2.24, 2.45) is 5.92 Å². The first-order valence-corrected chi connectivity index (χ1v) is 15.7. The number of hydrogen-bond acceptors (Lipinski definition) is 7. The minimum Gasteiger partial charge on any atom is -0.379 e. The maximum atomic E-state index is 13.8. The van der Waals surface area contributed by atoms with Crippen molar-refractivity contribution in [1.82, 2.24) is 14.2 Å². The Balaban J connectivity index is 1.36. The molecule has 1 amide bonds. The van der Waals surface area contributed by atoms with E-state index in [-0.39, 0.29) is 10.8 Å². The highest BCUT2D eigenvalue weighted by molar-refractivity contribution is 7.89. The largest absolute Gasteiger partial charge is 0.379 e. The Hall–Kier alpha value is -2.08. The normalized spacial score (nSPS) is 18.2. The third-order valence-corrected chi connectivity index (χ3v) is 10.5. The molecule has 0 aliphatic carbocycles. The van der Waals surface area contributed by atoms with E-state index in [0.29, 0.717) is 46.8 Å². The minimum absolute atomic E-state index is 0.210. The van der Waals surface area contributed by atoms with E-state index >= 15 is 0 Å². The zero-order chi connectivity index (χ0) is 26.7. The summed E-state index contributed by atoms with van der Waals surface area (Å²) < 4.78 is 34.2. The molecule has 2 fully saturated rings. The molecule has 38 heavy (non-hydrogen) atoms. The first-order valence-electron chi connectivity index (χ1n) is 13.1. The van der Waals surface area contributed by atoms with Crippen LogP contribution >= 0.6 is 22.9 Å². The number of anilines is 1. The standard InChI is InChI=1S/C27H33ClN4O4S2/c1-20-10-14-31(15-11-20)38(34,35)22-8-6-21(7-9-22)26(33)32(13-3-12-30-16-18-36-19-17-30)27-29-25-23(28)4-2-5-24(25)37-27/h2,4-9,20H,3,10-19H2,1H3. The molecule has 2 aliphatic heterocycles. The molecule has 5 rings (SSSR count). The van der Waals surface area contributed by atoms with E-state index in [2.05, 4.69) is 11.8 Å². The lowest BCUT2D eigenvalue weighted by atomic mass is 10.0. The van der Waals surface area contributed by atoms with Crippen molar-refractivity contribution in [3.63, 3.8) is 0 Å². The summed E-state index contributed by atoms with van der Waals surface area (Å²) >= 11 is 7.80. The van der Waals surface area contributed by atoms with E-state index in [0.717, 1.165) is 56.8 Å². The summed E-state index contributed by atoms with van der Waals surface area (Å²) in [5.74, 6) is 0.325. The van der Waals surface area contributed by atoms with E-state index in [1.54, 1.807) is 39.5 Å². The van der Waals surface area contributed by atoms with E-state index in [9.17, 15) is 13.2 Å². The van der Waals surface area contributed by atoms with Gasteiger partial charge >= 0.3 is 0 Å². The number of carbonyl (C=O) groups excluding carboxylic acids is 1. The van der Waals surface area contributed by atoms with E-state index in [4.69, 9.17) is 21.3 Å². The number of para-hydroxylation sites is 1. The van der Waals surface area contributed by atoms with Crippen LogP contribution in [0.25, 0.3) is 10.2 Å². The highest BCUT2D eigenvalue weighted by atomic mass is 35.5. The number of ether oxygens (including phenoxy) is 1. The number of piperidine rings is 1. The molecule has 0 spiro atoms. The number of thiazole rings is 1. The lowest BCUT2D eigenvalue weighted by molar-refractivity contribution is 0.0376. The van der Waals surface area contributed by atoms with Crippen molar-refractivity contribution in [1.29, 1.82) is 0 Å². The number of fused-ring (bicyclic) bond motifs is 1. The minimum atomic E-state index is -3.58. The summed E-state index contributed by atoms with van der Waals surface area (Å²) in [4.78, 5) is 22.7. The van der Waals surface area contributed by atoms with Gasteiger partial charge in [0.05, 0.1) is 27.8 Å². The highest BCUT2D eigenvalue weighted by Crippen LogP contribution is 2.34. The second-order valence-electron chi connectivity index (χ2n) is 9.96. The number of aromatic nitrogens is 1. The molecule has 0 bridgehead atoms. The van der Waals surface area contributed by atoms with Crippen LogP contribution in [0.2, 0.25) is 5.02 Å². The van der Waals surface area contributed by atoms with Crippen LogP contribution < -0.4 is 4.90 Å². The van der Waals surface area contributed by atoms with Gasteiger partial charge in [-0.05, 0) is 61.6 Å². The Morgan fingerprint density at radius 3 is 2.50 bits per heavy atom. The van der Waals surface area contributed by atoms with Crippen molar-refractivity contribution < 1.29 is 17.9 Å². The van der Waals surface area contributed by atoms with Crippen LogP contribution in [0.5, 0.6) is 0 Å². The Kier molecular flexibility index (Phi) is 8.66. The molecular weight excluding hydrogens is 544 g/mol. The van der Waals surface area contributed by atoms with Gasteiger partial charge in [0.1, 0.15) is 5.52 Å². The van der Waals surface area contributed by atoms with Crippen molar-refractivity contribution in [2.75, 3.05) is 57.4 Å². The fraction of sp³-hybridized carbons (Fsp3) is 0.481. The average molecular weight is 577 g/mol. The third-order valence-electron chi connectivity index (χ3n) is 7.28. The third kappa shape index (κ3) is 6.05. The fourth-order valence-electron chi connectivity index (χ4n) is 4.88. The van der Waals surface area contributed by atoms with Gasteiger partial charge in [0, 0.05) is 44.8 Å². The molecular formula is C27H33ClN4O4S2. The Morgan fingerprint density at radius 1 is 1.11 bits per heavy atom. The van der Waals surface area contributed by atoms with Crippen molar-refractivity contribution in [3.8, 4) is 0 Å². The van der Waals surface area contributed by atoms with Gasteiger partial charge in [0.15, 0.2) is 5.13 Å². The van der Waals surface area contributed by atoms with Crippen LogP contribution in [0.1, 0.15) is 36.5 Å². The molecule has 8 nitrogen and oxygen atoms in total. The van der Waals surface area contributed by atoms with Crippen molar-refractivity contribution in [3.05, 3.63) is 53.1 Å². The smallest absolute Gasteiger partial charge is 0.260 e. The maximum Gasteiger partial charge on any atom is 0.260 e. The number of hydrogen-bond donors (Lipinski definition) is 0. The average Bonchev–Trinajstić information content (AvgIpc) is 3.37. The van der Waals surface area contributed by atoms with Gasteiger partial charge in [-0.2, -0.15) is 4.31 Å². The van der Waals surface area contributed by atoms with Crippen LogP contribution in [-0.4, -0.2) is 81.0 Å². The fourth-order valence-corrected chi connectivity index (χ4v) is 7.64. The molecule has 0 unspecified atom stereocenters. The molecule has 11 heteroatoms. The van der Waals surface area contributed by atoms with E-state index in [1.165, 1.54) is 11.3 Å². The topological polar surface area (TPSA) is 83.1 Å². The lowest BCUT2D eigenvalue weighted by Gasteiger charge is -2.29. The molecule has 3 aromatic rings. The van der Waals surface area contributed by atoms with Gasteiger partial charge < -0.3 is 4.74 Å². The van der Waals surface area contributed by atoms with Crippen LogP contribution in [0.4, 0.5) is 5.13 Å². The summed E-state index contributed by atoms with van der Waals surface area (Å²) in [5.41, 5.74) is 1.10. The summed E-state index contributed by atoms with van der Waals surface area (Å²) in [7, 11) is -3.58. The zero-order valence-corrected chi connectivity index (χ0v) is 23.9. The monoisotopic (exact) mass is 576 g/mol. The number of benzene rings is 2. The van der Waals surface area contributed by atoms with Crippen LogP contribution in [0.3, 0.4) is 0 Å². The van der Waals surface area contributed by atoms with E-state index in [1.807, 2.05) is 12.1 Å². The molecule has 2 saturated heterocycles. The molecule has 0 saturated carbocycles. The van der Waals surface area contributed by atoms with Crippen molar-refractivity contribution in [2.45, 2.75) is 31.1 Å². The predicted molar refractivity (Wildman–Crippen MR) is 152 cm³/mol. The van der Waals surface area contributed by atoms with Crippen LogP contribution in [0.15, 0.2) is 47.4 Å². The van der Waals surface area contributed by atoms with Gasteiger partial charge in [0.25, 0.3) is 5.91 Å². The van der Waals surface area contributed by atoms with Gasteiger partial charge in [-0.1, -0.05) is 35.9 Å². The highest BCUT2D eigenvalue weighted by Gasteiger charge is 2.29. The van der Waals surface area contributed by atoms with Gasteiger partial charge in [-0.3, -0.25) is 14.6 Å². The zero-order valence-electron chi connectivity index (χ0n) is 21.5. The molecule has 204 valence electrons. The first kappa shape index (κ1) is 27.5. The molecule has 0 N–H and O–H groups in total. The molecule has 2 aromatic carbocycles. The first-order chi connectivity index (χ1) is 18.3. The summed E-state index contributed by atoms with van der Waals surface area (Å²) in [5, 5.41) is 1.13. The van der Waals surface area contributed by atoms with Crippen LogP contribution in [-0.2, 0) is 14.8 Å². The molecule has 1 aromatic heterocycles. The van der Waals surface area contributed by atoms with Gasteiger partial charge in [0.2, 0.25) is 10.0 Å². The summed E-state index contributed by atoms with van der Waals surface area (Å²) in [6, 6.07) is 11.9. The van der Waals surface area contributed by atoms with Crippen molar-refractivity contribution >= 4 is 54.2 Å².